The number of aromatic nitrogens is 1. The molecule has 3 rings (SSSR count). The number of benzene rings is 1. The van der Waals surface area contributed by atoms with Crippen LogP contribution in [0, 0.1) is 5.82 Å². The molecule has 0 aliphatic carbocycles. The van der Waals surface area contributed by atoms with Crippen LogP contribution in [0.5, 0.6) is 0 Å². The van der Waals surface area contributed by atoms with Crippen LogP contribution in [0.1, 0.15) is 29.8 Å². The highest BCUT2D eigenvalue weighted by Gasteiger charge is 2.31. The molecule has 6 nitrogen and oxygen atoms in total. The number of aryl methyl sites for hydroxylation is 1. The summed E-state index contributed by atoms with van der Waals surface area (Å²) in [5, 5.41) is 6.35. The molecule has 1 aliphatic heterocycles. The molecule has 2 aromatic rings. The molecule has 26 heavy (non-hydrogen) atoms. The summed E-state index contributed by atoms with van der Waals surface area (Å²) >= 11 is 0. The Bertz CT molecular complexity index is 832. The topological polar surface area (TPSA) is 66.4 Å². The van der Waals surface area contributed by atoms with Crippen LogP contribution in [0.4, 0.5) is 4.39 Å². The number of fused-ring (bicyclic) bond motifs is 1. The van der Waals surface area contributed by atoms with Gasteiger partial charge in [0.25, 0.3) is 5.91 Å². The highest BCUT2D eigenvalue weighted by Crippen LogP contribution is 2.24. The molecule has 1 aromatic heterocycles. The maximum atomic E-state index is 13.4. The van der Waals surface area contributed by atoms with Crippen molar-refractivity contribution in [2.24, 2.45) is 7.05 Å². The fourth-order valence-electron chi connectivity index (χ4n) is 3.74. The van der Waals surface area contributed by atoms with E-state index < -0.39 is 0 Å². The van der Waals surface area contributed by atoms with Crippen LogP contribution in [0.25, 0.3) is 10.9 Å². The van der Waals surface area contributed by atoms with Gasteiger partial charge < -0.3 is 15.2 Å². The van der Waals surface area contributed by atoms with E-state index in [0.29, 0.717) is 24.0 Å². The molecule has 2 amide bonds. The molecule has 0 bridgehead atoms. The van der Waals surface area contributed by atoms with Gasteiger partial charge in [-0.3, -0.25) is 14.5 Å². The first-order valence-corrected chi connectivity index (χ1v) is 8.86. The quantitative estimate of drug-likeness (QED) is 0.852. The van der Waals surface area contributed by atoms with Crippen molar-refractivity contribution in [3.05, 3.63) is 35.8 Å². The van der Waals surface area contributed by atoms with Gasteiger partial charge in [-0.25, -0.2) is 4.39 Å². The zero-order chi connectivity index (χ0) is 18.8. The van der Waals surface area contributed by atoms with E-state index in [1.807, 2.05) is 7.05 Å². The highest BCUT2D eigenvalue weighted by molar-refractivity contribution is 5.98. The summed E-state index contributed by atoms with van der Waals surface area (Å²) in [4.78, 5) is 26.3. The van der Waals surface area contributed by atoms with Gasteiger partial charge in [0.15, 0.2) is 0 Å². The molecule has 2 heterocycles. The van der Waals surface area contributed by atoms with Crippen molar-refractivity contribution in [3.63, 3.8) is 0 Å². The highest BCUT2D eigenvalue weighted by atomic mass is 19.1. The second kappa shape index (κ2) is 7.45. The first-order chi connectivity index (χ1) is 12.4. The van der Waals surface area contributed by atoms with E-state index in [-0.39, 0.29) is 29.7 Å². The molecule has 0 radical (unpaired) electrons. The van der Waals surface area contributed by atoms with Gasteiger partial charge in [-0.05, 0) is 44.2 Å². The van der Waals surface area contributed by atoms with Gasteiger partial charge in [-0.1, -0.05) is 0 Å². The minimum absolute atomic E-state index is 0.0364. The van der Waals surface area contributed by atoms with E-state index in [1.165, 1.54) is 12.1 Å². The molecule has 140 valence electrons. The summed E-state index contributed by atoms with van der Waals surface area (Å²) in [5.74, 6) is -0.452. The molecule has 1 aromatic carbocycles. The second-order valence-electron chi connectivity index (χ2n) is 6.93. The van der Waals surface area contributed by atoms with Gasteiger partial charge >= 0.3 is 0 Å². The number of carbonyl (C=O) groups excluding carboxylic acids is 2. The lowest BCUT2D eigenvalue weighted by atomic mass is 10.1. The van der Waals surface area contributed by atoms with Crippen molar-refractivity contribution in [1.29, 1.82) is 0 Å². The van der Waals surface area contributed by atoms with Gasteiger partial charge in [0, 0.05) is 50.0 Å². The first-order valence-electron chi connectivity index (χ1n) is 8.86. The second-order valence-corrected chi connectivity index (χ2v) is 6.93. The molecule has 2 N–H and O–H groups in total. The Balaban J connectivity index is 1.63. The third kappa shape index (κ3) is 3.58. The number of amides is 2. The van der Waals surface area contributed by atoms with Crippen molar-refractivity contribution < 1.29 is 14.0 Å². The average molecular weight is 360 g/mol. The van der Waals surface area contributed by atoms with Gasteiger partial charge in [-0.2, -0.15) is 0 Å². The van der Waals surface area contributed by atoms with E-state index >= 15 is 0 Å². The number of likely N-dealkylation sites (N-methyl/N-ethyl adjacent to an activating group) is 1. The predicted octanol–water partition coefficient (Wildman–Crippen LogP) is 1.65. The molecule has 1 aliphatic rings. The van der Waals surface area contributed by atoms with E-state index in [2.05, 4.69) is 15.5 Å². The van der Waals surface area contributed by atoms with Crippen LogP contribution in [-0.2, 0) is 11.8 Å². The van der Waals surface area contributed by atoms with E-state index in [0.717, 1.165) is 18.4 Å². The normalized spacial score (nSPS) is 20.5. The zero-order valence-electron chi connectivity index (χ0n) is 15.4. The lowest BCUT2D eigenvalue weighted by Gasteiger charge is -2.25. The van der Waals surface area contributed by atoms with Gasteiger partial charge in [0.05, 0.1) is 0 Å². The number of hydrogen-bond acceptors (Lipinski definition) is 3. The summed E-state index contributed by atoms with van der Waals surface area (Å²) in [6.45, 7) is 0.523. The third-order valence-corrected chi connectivity index (χ3v) is 5.42. The number of halogens is 1. The van der Waals surface area contributed by atoms with Crippen LogP contribution < -0.4 is 10.6 Å². The van der Waals surface area contributed by atoms with Gasteiger partial charge in [0.2, 0.25) is 5.91 Å². The molecule has 0 saturated carbocycles. The monoisotopic (exact) mass is 360 g/mol. The Hall–Kier alpha value is -2.41. The van der Waals surface area contributed by atoms with Crippen LogP contribution >= 0.6 is 0 Å². The zero-order valence-corrected chi connectivity index (χ0v) is 15.4. The van der Waals surface area contributed by atoms with E-state index in [1.54, 1.807) is 30.8 Å². The summed E-state index contributed by atoms with van der Waals surface area (Å²) in [5.41, 5.74) is 1.33. The molecule has 1 saturated heterocycles. The Morgan fingerprint density at radius 1 is 1.19 bits per heavy atom. The Morgan fingerprint density at radius 2 is 1.92 bits per heavy atom. The average Bonchev–Trinajstić information content (AvgIpc) is 3.13. The SMILES string of the molecule is CNC(=O)C[C@H]1CC[C@@H](CNC(=O)c2cc3cc(F)ccc3n2C)N1C. The van der Waals surface area contributed by atoms with Crippen LogP contribution in [0.3, 0.4) is 0 Å². The fraction of sp³-hybridized carbons (Fsp3) is 0.474. The lowest BCUT2D eigenvalue weighted by molar-refractivity contribution is -0.121. The molecule has 7 heteroatoms. The van der Waals surface area contributed by atoms with Crippen molar-refractivity contribution in [2.45, 2.75) is 31.3 Å². The van der Waals surface area contributed by atoms with Crippen LogP contribution in [0.15, 0.2) is 24.3 Å². The summed E-state index contributed by atoms with van der Waals surface area (Å²) in [6, 6.07) is 6.62. The molecule has 0 unspecified atom stereocenters. The molecular formula is C19H25FN4O2. The Kier molecular flexibility index (Phi) is 5.27. The minimum Gasteiger partial charge on any atom is -0.359 e. The van der Waals surface area contributed by atoms with Crippen molar-refractivity contribution in [3.8, 4) is 0 Å². The minimum atomic E-state index is -0.315. The van der Waals surface area contributed by atoms with Gasteiger partial charge in [-0.15, -0.1) is 0 Å². The first kappa shape index (κ1) is 18.4. The Morgan fingerprint density at radius 3 is 2.65 bits per heavy atom. The summed E-state index contributed by atoms with van der Waals surface area (Å²) in [6.07, 6.45) is 2.36. The Labute approximate surface area is 152 Å². The number of rotatable bonds is 5. The number of nitrogens with zero attached hydrogens (tertiary/aromatic N) is 2. The van der Waals surface area contributed by atoms with Crippen LogP contribution in [0.2, 0.25) is 0 Å². The molecule has 1 fully saturated rings. The maximum Gasteiger partial charge on any atom is 0.267 e. The van der Waals surface area contributed by atoms with Crippen LogP contribution in [-0.4, -0.2) is 54.0 Å². The van der Waals surface area contributed by atoms with E-state index in [9.17, 15) is 14.0 Å². The van der Waals surface area contributed by atoms with E-state index in [4.69, 9.17) is 0 Å². The van der Waals surface area contributed by atoms with Crippen molar-refractivity contribution in [1.82, 2.24) is 20.1 Å². The third-order valence-electron chi connectivity index (χ3n) is 5.42. The fourth-order valence-corrected chi connectivity index (χ4v) is 3.74. The van der Waals surface area contributed by atoms with Crippen molar-refractivity contribution in [2.75, 3.05) is 20.6 Å². The smallest absolute Gasteiger partial charge is 0.267 e. The summed E-state index contributed by atoms with van der Waals surface area (Å²) < 4.78 is 15.2. The van der Waals surface area contributed by atoms with Gasteiger partial charge in [0.1, 0.15) is 11.5 Å². The summed E-state index contributed by atoms with van der Waals surface area (Å²) in [7, 11) is 5.44. The number of carbonyl (C=O) groups is 2. The largest absolute Gasteiger partial charge is 0.359 e. The molecule has 0 spiro atoms. The number of hydrogen-bond donors (Lipinski definition) is 2. The number of likely N-dealkylation sites (tertiary alicyclic amines) is 1. The molecule has 2 atom stereocenters. The predicted molar refractivity (Wildman–Crippen MR) is 98.5 cm³/mol. The maximum absolute atomic E-state index is 13.4. The number of nitrogens with one attached hydrogen (secondary N) is 2. The van der Waals surface area contributed by atoms with Crippen molar-refractivity contribution >= 4 is 22.7 Å². The lowest BCUT2D eigenvalue weighted by Crippen LogP contribution is -2.42. The standard InChI is InChI=1S/C19H25FN4O2/c1-21-18(25)10-14-5-6-15(23(14)2)11-22-19(26)17-9-12-8-13(20)4-7-16(12)24(17)3/h4,7-9,14-15H,5-6,10-11H2,1-3H3,(H,21,25)(H,22,26)/t14-,15+/m1/s1. The molecular weight excluding hydrogens is 335 g/mol.